The quantitative estimate of drug-likeness (QED) is 0.849. The van der Waals surface area contributed by atoms with Crippen LogP contribution in [0.25, 0.3) is 5.69 Å². The van der Waals surface area contributed by atoms with E-state index in [1.807, 2.05) is 4.68 Å². The lowest BCUT2D eigenvalue weighted by molar-refractivity contribution is -0.129. The molecule has 2 aromatic rings. The first kappa shape index (κ1) is 16.0. The molecule has 1 fully saturated rings. The fraction of sp³-hybridized carbons (Fsp3) is 0.524. The van der Waals surface area contributed by atoms with Crippen molar-refractivity contribution in [2.45, 2.75) is 64.1 Å². The minimum atomic E-state index is -0.487. The van der Waals surface area contributed by atoms with Gasteiger partial charge in [0.15, 0.2) is 0 Å². The first-order valence-electron chi connectivity index (χ1n) is 9.82. The number of carbonyl (C=O) groups is 1. The van der Waals surface area contributed by atoms with Gasteiger partial charge in [0.2, 0.25) is 5.91 Å². The number of rotatable bonds is 3. The van der Waals surface area contributed by atoms with Gasteiger partial charge in [0.25, 0.3) is 0 Å². The van der Waals surface area contributed by atoms with Gasteiger partial charge in [0.1, 0.15) is 6.67 Å². The van der Waals surface area contributed by atoms with E-state index in [-0.39, 0.29) is 0 Å². The van der Waals surface area contributed by atoms with Gasteiger partial charge in [0, 0.05) is 24.7 Å². The van der Waals surface area contributed by atoms with Crippen molar-refractivity contribution >= 4 is 5.91 Å². The normalized spacial score (nSPS) is 22.0. The van der Waals surface area contributed by atoms with E-state index in [9.17, 15) is 9.18 Å². The van der Waals surface area contributed by atoms with Crippen LogP contribution in [0.2, 0.25) is 0 Å². The zero-order chi connectivity index (χ0) is 17.7. The molecule has 136 valence electrons. The van der Waals surface area contributed by atoms with Crippen molar-refractivity contribution < 1.29 is 9.18 Å². The molecule has 5 rings (SSSR count). The smallest absolute Gasteiger partial charge is 0.222 e. The largest absolute Gasteiger partial charge is 0.339 e. The molecule has 3 aliphatic rings. The van der Waals surface area contributed by atoms with Gasteiger partial charge in [0.05, 0.1) is 11.4 Å². The number of likely N-dealkylation sites (tertiary alicyclic amines) is 1. The molecule has 0 radical (unpaired) electrons. The first-order chi connectivity index (χ1) is 12.7. The minimum Gasteiger partial charge on any atom is -0.339 e. The van der Waals surface area contributed by atoms with Crippen LogP contribution in [0.3, 0.4) is 0 Å². The minimum absolute atomic E-state index is 0.303. The van der Waals surface area contributed by atoms with Crippen LogP contribution in [-0.4, -0.2) is 33.2 Å². The standard InChI is InChI=1S/C21H24FN3O/c22-13-19-18-4-1-2-5-20(18)25(23-19)16-8-7-14-10-17(12-15(14)11-16)24-9-3-6-21(24)26/h7-8,11,17H,1-6,9-10,12-13H2. The molecular weight excluding hydrogens is 329 g/mol. The van der Waals surface area contributed by atoms with E-state index < -0.39 is 6.67 Å². The van der Waals surface area contributed by atoms with E-state index in [0.29, 0.717) is 24.1 Å². The van der Waals surface area contributed by atoms with Crippen molar-refractivity contribution in [3.63, 3.8) is 0 Å². The summed E-state index contributed by atoms with van der Waals surface area (Å²) < 4.78 is 15.4. The van der Waals surface area contributed by atoms with Gasteiger partial charge in [-0.2, -0.15) is 5.10 Å². The summed E-state index contributed by atoms with van der Waals surface area (Å²) in [5.41, 5.74) is 6.61. The summed E-state index contributed by atoms with van der Waals surface area (Å²) in [6, 6.07) is 6.80. The highest BCUT2D eigenvalue weighted by Crippen LogP contribution is 2.32. The highest BCUT2D eigenvalue weighted by Gasteiger charge is 2.32. The summed E-state index contributed by atoms with van der Waals surface area (Å²) in [7, 11) is 0. The number of carbonyl (C=O) groups excluding carboxylic acids is 1. The molecule has 2 aliphatic carbocycles. The Hall–Kier alpha value is -2.17. The van der Waals surface area contributed by atoms with Crippen LogP contribution in [0.1, 0.15) is 53.8 Å². The Morgan fingerprint density at radius 1 is 1.08 bits per heavy atom. The van der Waals surface area contributed by atoms with Crippen LogP contribution in [0.5, 0.6) is 0 Å². The van der Waals surface area contributed by atoms with Gasteiger partial charge < -0.3 is 4.90 Å². The van der Waals surface area contributed by atoms with Crippen molar-refractivity contribution in [3.05, 3.63) is 46.3 Å². The second-order valence-electron chi connectivity index (χ2n) is 7.83. The highest BCUT2D eigenvalue weighted by molar-refractivity contribution is 5.78. The third kappa shape index (κ3) is 2.48. The van der Waals surface area contributed by atoms with E-state index in [2.05, 4.69) is 28.2 Å². The summed E-state index contributed by atoms with van der Waals surface area (Å²) >= 11 is 0. The van der Waals surface area contributed by atoms with Crippen LogP contribution < -0.4 is 0 Å². The van der Waals surface area contributed by atoms with Crippen LogP contribution in [0, 0.1) is 0 Å². The summed E-state index contributed by atoms with van der Waals surface area (Å²) in [6.45, 7) is 0.413. The predicted octanol–water partition coefficient (Wildman–Crippen LogP) is 3.31. The van der Waals surface area contributed by atoms with Gasteiger partial charge in [-0.3, -0.25) is 4.79 Å². The summed E-state index contributed by atoms with van der Waals surface area (Å²) in [5.74, 6) is 0.303. The molecule has 0 spiro atoms. The Morgan fingerprint density at radius 3 is 2.73 bits per heavy atom. The van der Waals surface area contributed by atoms with Crippen LogP contribution in [-0.2, 0) is 37.2 Å². The summed E-state index contributed by atoms with van der Waals surface area (Å²) in [5, 5.41) is 4.59. The van der Waals surface area contributed by atoms with E-state index in [1.54, 1.807) is 0 Å². The lowest BCUT2D eigenvalue weighted by Gasteiger charge is -2.23. The van der Waals surface area contributed by atoms with E-state index in [4.69, 9.17) is 0 Å². The molecule has 1 aromatic heterocycles. The highest BCUT2D eigenvalue weighted by atomic mass is 19.1. The van der Waals surface area contributed by atoms with Gasteiger partial charge in [-0.15, -0.1) is 0 Å². The van der Waals surface area contributed by atoms with Crippen LogP contribution in [0.4, 0.5) is 4.39 Å². The molecule has 1 aliphatic heterocycles. The molecule has 0 bridgehead atoms. The number of halogens is 1. The Balaban J connectivity index is 1.47. The molecule has 1 saturated heterocycles. The second-order valence-corrected chi connectivity index (χ2v) is 7.83. The molecule has 2 heterocycles. The van der Waals surface area contributed by atoms with Crippen molar-refractivity contribution in [1.82, 2.24) is 14.7 Å². The summed E-state index contributed by atoms with van der Waals surface area (Å²) in [4.78, 5) is 14.1. The number of hydrogen-bond acceptors (Lipinski definition) is 2. The van der Waals surface area contributed by atoms with Gasteiger partial charge in [-0.25, -0.2) is 9.07 Å². The first-order valence-corrected chi connectivity index (χ1v) is 9.82. The van der Waals surface area contributed by atoms with Crippen molar-refractivity contribution in [2.75, 3.05) is 6.54 Å². The molecular formula is C21H24FN3O. The third-order valence-corrected chi connectivity index (χ3v) is 6.29. The topological polar surface area (TPSA) is 38.1 Å². The van der Waals surface area contributed by atoms with E-state index in [0.717, 1.165) is 62.7 Å². The van der Waals surface area contributed by atoms with E-state index >= 15 is 0 Å². The molecule has 1 aromatic carbocycles. The summed E-state index contributed by atoms with van der Waals surface area (Å²) in [6.07, 6.45) is 7.76. The van der Waals surface area contributed by atoms with E-state index in [1.165, 1.54) is 16.8 Å². The fourth-order valence-electron chi connectivity index (χ4n) is 4.98. The number of amides is 1. The second kappa shape index (κ2) is 6.22. The van der Waals surface area contributed by atoms with Gasteiger partial charge in [-0.1, -0.05) is 6.07 Å². The van der Waals surface area contributed by atoms with Crippen molar-refractivity contribution in [2.24, 2.45) is 0 Å². The van der Waals surface area contributed by atoms with Gasteiger partial charge >= 0.3 is 0 Å². The SMILES string of the molecule is O=C1CCCN1C1Cc2ccc(-n3nc(CF)c4c3CCCC4)cc2C1. The number of aromatic nitrogens is 2. The molecule has 1 unspecified atom stereocenters. The van der Waals surface area contributed by atoms with Crippen molar-refractivity contribution in [1.29, 1.82) is 0 Å². The number of hydrogen-bond donors (Lipinski definition) is 0. The lowest BCUT2D eigenvalue weighted by Crippen LogP contribution is -2.36. The molecule has 1 atom stereocenters. The Kier molecular flexibility index (Phi) is 3.84. The third-order valence-electron chi connectivity index (χ3n) is 6.29. The average Bonchev–Trinajstić information content (AvgIpc) is 3.36. The molecule has 1 amide bonds. The van der Waals surface area contributed by atoms with Crippen LogP contribution in [0.15, 0.2) is 18.2 Å². The number of nitrogens with zero attached hydrogens (tertiary/aromatic N) is 3. The monoisotopic (exact) mass is 353 g/mol. The fourth-order valence-corrected chi connectivity index (χ4v) is 4.98. The maximum atomic E-state index is 13.4. The van der Waals surface area contributed by atoms with Gasteiger partial charge in [-0.05, 0) is 73.8 Å². The zero-order valence-electron chi connectivity index (χ0n) is 15.0. The van der Waals surface area contributed by atoms with Crippen molar-refractivity contribution in [3.8, 4) is 5.69 Å². The molecule has 0 saturated carbocycles. The maximum absolute atomic E-state index is 13.4. The number of alkyl halides is 1. The predicted molar refractivity (Wildman–Crippen MR) is 97.2 cm³/mol. The zero-order valence-corrected chi connectivity index (χ0v) is 15.0. The lowest BCUT2D eigenvalue weighted by atomic mass is 9.96. The Bertz CT molecular complexity index is 872. The molecule has 26 heavy (non-hydrogen) atoms. The number of benzene rings is 1. The maximum Gasteiger partial charge on any atom is 0.222 e. The number of fused-ring (bicyclic) bond motifs is 2. The molecule has 4 nitrogen and oxygen atoms in total. The Labute approximate surface area is 153 Å². The molecule has 0 N–H and O–H groups in total. The van der Waals surface area contributed by atoms with Crippen LogP contribution >= 0.6 is 0 Å². The molecule has 5 heteroatoms. The average molecular weight is 353 g/mol. The Morgan fingerprint density at radius 2 is 1.92 bits per heavy atom.